The van der Waals surface area contributed by atoms with Crippen LogP contribution in [0, 0.1) is 0 Å². The SMILES string of the molecule is COc1ccccc1C(=O)N1CCN(Cc2ccc(NC(=O)Nc3cc(C(C)(C)C)nn3C)cc2)CC1. The van der Waals surface area contributed by atoms with Crippen LogP contribution in [0.1, 0.15) is 42.4 Å². The van der Waals surface area contributed by atoms with E-state index in [0.717, 1.165) is 30.9 Å². The predicted molar refractivity (Wildman–Crippen MR) is 145 cm³/mol. The van der Waals surface area contributed by atoms with Gasteiger partial charge in [0.25, 0.3) is 5.91 Å². The van der Waals surface area contributed by atoms with Crippen molar-refractivity contribution in [2.75, 3.05) is 43.9 Å². The number of hydrogen-bond donors (Lipinski definition) is 2. The van der Waals surface area contributed by atoms with Crippen LogP contribution in [-0.2, 0) is 19.0 Å². The molecule has 196 valence electrons. The quantitative estimate of drug-likeness (QED) is 0.522. The first-order valence-electron chi connectivity index (χ1n) is 12.5. The maximum Gasteiger partial charge on any atom is 0.324 e. The fraction of sp³-hybridized carbons (Fsp3) is 0.393. The molecule has 0 atom stereocenters. The Morgan fingerprint density at radius 1 is 0.973 bits per heavy atom. The minimum atomic E-state index is -0.313. The average molecular weight is 505 g/mol. The zero-order chi connectivity index (χ0) is 26.6. The summed E-state index contributed by atoms with van der Waals surface area (Å²) in [6, 6.07) is 16.8. The summed E-state index contributed by atoms with van der Waals surface area (Å²) >= 11 is 0. The highest BCUT2D eigenvalue weighted by Crippen LogP contribution is 2.24. The Balaban J connectivity index is 1.26. The van der Waals surface area contributed by atoms with Crippen LogP contribution in [0.3, 0.4) is 0 Å². The van der Waals surface area contributed by atoms with Crippen molar-refractivity contribution in [3.63, 3.8) is 0 Å². The van der Waals surface area contributed by atoms with Crippen molar-refractivity contribution in [2.45, 2.75) is 32.7 Å². The third-order valence-electron chi connectivity index (χ3n) is 6.50. The van der Waals surface area contributed by atoms with Gasteiger partial charge in [-0.15, -0.1) is 0 Å². The van der Waals surface area contributed by atoms with Crippen LogP contribution in [0.2, 0.25) is 0 Å². The van der Waals surface area contributed by atoms with Gasteiger partial charge in [0.1, 0.15) is 11.6 Å². The lowest BCUT2D eigenvalue weighted by atomic mass is 9.92. The number of aryl methyl sites for hydroxylation is 1. The van der Waals surface area contributed by atoms with E-state index in [9.17, 15) is 9.59 Å². The fourth-order valence-corrected chi connectivity index (χ4v) is 4.28. The van der Waals surface area contributed by atoms with Gasteiger partial charge in [0.2, 0.25) is 0 Å². The molecule has 0 radical (unpaired) electrons. The number of methoxy groups -OCH3 is 1. The zero-order valence-electron chi connectivity index (χ0n) is 22.2. The van der Waals surface area contributed by atoms with Gasteiger partial charge in [0, 0.05) is 56.9 Å². The van der Waals surface area contributed by atoms with Crippen LogP contribution in [-0.4, -0.2) is 64.8 Å². The molecule has 37 heavy (non-hydrogen) atoms. The number of amides is 3. The molecular weight excluding hydrogens is 468 g/mol. The second-order valence-corrected chi connectivity index (χ2v) is 10.3. The number of urea groups is 1. The van der Waals surface area contributed by atoms with Gasteiger partial charge >= 0.3 is 6.03 Å². The third-order valence-corrected chi connectivity index (χ3v) is 6.50. The van der Waals surface area contributed by atoms with Crippen LogP contribution >= 0.6 is 0 Å². The number of nitrogens with zero attached hydrogens (tertiary/aromatic N) is 4. The topological polar surface area (TPSA) is 91.7 Å². The minimum absolute atomic E-state index is 0.00607. The maximum absolute atomic E-state index is 12.9. The van der Waals surface area contributed by atoms with Gasteiger partial charge in [-0.05, 0) is 29.8 Å². The molecule has 2 N–H and O–H groups in total. The lowest BCUT2D eigenvalue weighted by Crippen LogP contribution is -2.48. The summed E-state index contributed by atoms with van der Waals surface area (Å²) in [5.41, 5.74) is 3.29. The minimum Gasteiger partial charge on any atom is -0.496 e. The summed E-state index contributed by atoms with van der Waals surface area (Å²) in [4.78, 5) is 29.7. The molecule has 2 heterocycles. The zero-order valence-corrected chi connectivity index (χ0v) is 22.2. The first kappa shape index (κ1) is 26.2. The van der Waals surface area contributed by atoms with Crippen molar-refractivity contribution in [3.05, 3.63) is 71.4 Å². The lowest BCUT2D eigenvalue weighted by Gasteiger charge is -2.35. The third kappa shape index (κ3) is 6.48. The number of para-hydroxylation sites is 1. The summed E-state index contributed by atoms with van der Waals surface area (Å²) in [6.07, 6.45) is 0. The molecule has 0 saturated carbocycles. The summed E-state index contributed by atoms with van der Waals surface area (Å²) in [7, 11) is 3.40. The van der Waals surface area contributed by atoms with Crippen LogP contribution in [0.15, 0.2) is 54.6 Å². The smallest absolute Gasteiger partial charge is 0.324 e. The number of carbonyl (C=O) groups is 2. The molecule has 0 bridgehead atoms. The summed E-state index contributed by atoms with van der Waals surface area (Å²) < 4.78 is 7.02. The van der Waals surface area contributed by atoms with E-state index in [0.29, 0.717) is 35.9 Å². The number of ether oxygens (including phenoxy) is 1. The number of hydrogen-bond acceptors (Lipinski definition) is 5. The van der Waals surface area contributed by atoms with E-state index in [-0.39, 0.29) is 17.4 Å². The largest absolute Gasteiger partial charge is 0.496 e. The van der Waals surface area contributed by atoms with Gasteiger partial charge in [0.05, 0.1) is 18.4 Å². The van der Waals surface area contributed by atoms with Gasteiger partial charge in [-0.2, -0.15) is 5.10 Å². The van der Waals surface area contributed by atoms with E-state index in [4.69, 9.17) is 4.74 Å². The average Bonchev–Trinajstić information content (AvgIpc) is 3.25. The molecule has 2 aromatic carbocycles. The number of carbonyl (C=O) groups excluding carboxylic acids is 2. The highest BCUT2D eigenvalue weighted by molar-refractivity contribution is 5.99. The van der Waals surface area contributed by atoms with Crippen molar-refractivity contribution < 1.29 is 14.3 Å². The number of nitrogens with one attached hydrogen (secondary N) is 2. The Kier molecular flexibility index (Phi) is 7.83. The van der Waals surface area contributed by atoms with E-state index in [1.54, 1.807) is 11.8 Å². The second-order valence-electron chi connectivity index (χ2n) is 10.3. The first-order valence-corrected chi connectivity index (χ1v) is 12.5. The molecule has 1 saturated heterocycles. The van der Waals surface area contributed by atoms with E-state index < -0.39 is 0 Å². The summed E-state index contributed by atoms with van der Waals surface area (Å²) in [5, 5.41) is 10.2. The molecule has 1 fully saturated rings. The Morgan fingerprint density at radius 3 is 2.27 bits per heavy atom. The molecule has 0 spiro atoms. The standard InChI is InChI=1S/C28H36N6O3/c1-28(2,3)24-18-25(32(4)31-24)30-27(36)29-21-12-10-20(11-13-21)19-33-14-16-34(17-15-33)26(35)22-8-6-7-9-23(22)37-5/h6-13,18H,14-17,19H2,1-5H3,(H2,29,30,36). The normalized spacial score (nSPS) is 14.4. The molecule has 0 unspecified atom stereocenters. The van der Waals surface area contributed by atoms with Crippen LogP contribution in [0.25, 0.3) is 0 Å². The Bertz CT molecular complexity index is 1240. The van der Waals surface area contributed by atoms with Gasteiger partial charge in [0.15, 0.2) is 0 Å². The molecule has 1 aromatic heterocycles. The number of aromatic nitrogens is 2. The van der Waals surface area contributed by atoms with Crippen molar-refractivity contribution >= 4 is 23.4 Å². The highest BCUT2D eigenvalue weighted by Gasteiger charge is 2.24. The molecule has 1 aliphatic heterocycles. The fourth-order valence-electron chi connectivity index (χ4n) is 4.28. The molecule has 3 amide bonds. The van der Waals surface area contributed by atoms with E-state index in [2.05, 4.69) is 41.4 Å². The molecule has 4 rings (SSSR count). The van der Waals surface area contributed by atoms with Crippen molar-refractivity contribution in [3.8, 4) is 5.75 Å². The van der Waals surface area contributed by atoms with Crippen molar-refractivity contribution in [1.82, 2.24) is 19.6 Å². The molecule has 1 aliphatic rings. The van der Waals surface area contributed by atoms with Gasteiger partial charge in [-0.1, -0.05) is 45.0 Å². The number of rotatable bonds is 6. The first-order chi connectivity index (χ1) is 17.6. The van der Waals surface area contributed by atoms with Crippen LogP contribution < -0.4 is 15.4 Å². The second kappa shape index (κ2) is 11.0. The van der Waals surface area contributed by atoms with Gasteiger partial charge < -0.3 is 15.0 Å². The molecule has 9 heteroatoms. The van der Waals surface area contributed by atoms with Crippen LogP contribution in [0.4, 0.5) is 16.3 Å². The van der Waals surface area contributed by atoms with Gasteiger partial charge in [-0.25, -0.2) is 4.79 Å². The molecular formula is C28H36N6O3. The molecule has 0 aliphatic carbocycles. The van der Waals surface area contributed by atoms with Crippen molar-refractivity contribution in [1.29, 1.82) is 0 Å². The summed E-state index contributed by atoms with van der Waals surface area (Å²) in [5.74, 6) is 1.25. The monoisotopic (exact) mass is 504 g/mol. The van der Waals surface area contributed by atoms with E-state index in [1.807, 2.05) is 66.5 Å². The summed E-state index contributed by atoms with van der Waals surface area (Å²) in [6.45, 7) is 9.97. The molecule has 9 nitrogen and oxygen atoms in total. The van der Waals surface area contributed by atoms with E-state index in [1.165, 1.54) is 0 Å². The van der Waals surface area contributed by atoms with Gasteiger partial charge in [-0.3, -0.25) is 19.7 Å². The van der Waals surface area contributed by atoms with E-state index >= 15 is 0 Å². The predicted octanol–water partition coefficient (Wildman–Crippen LogP) is 4.33. The number of benzene rings is 2. The number of anilines is 2. The number of piperazine rings is 1. The van der Waals surface area contributed by atoms with Crippen molar-refractivity contribution in [2.24, 2.45) is 7.05 Å². The highest BCUT2D eigenvalue weighted by atomic mass is 16.5. The molecule has 3 aromatic rings. The van der Waals surface area contributed by atoms with Crippen LogP contribution in [0.5, 0.6) is 5.75 Å². The lowest BCUT2D eigenvalue weighted by molar-refractivity contribution is 0.0625. The Labute approximate surface area is 218 Å². The Morgan fingerprint density at radius 2 is 1.65 bits per heavy atom. The maximum atomic E-state index is 12.9. The Hall–Kier alpha value is -3.85.